The molecule has 150 valence electrons. The van der Waals surface area contributed by atoms with Crippen LogP contribution in [0.15, 0.2) is 41.4 Å². The van der Waals surface area contributed by atoms with Gasteiger partial charge in [-0.05, 0) is 55.7 Å². The van der Waals surface area contributed by atoms with Crippen molar-refractivity contribution in [1.29, 1.82) is 0 Å². The SMILES string of the molecule is Cc1cc(C)cc(N=C2NC(=O)[C@@H](CC(=O)Nc3ccc(C)cc3[N+](=O)[O-])S2)c1. The van der Waals surface area contributed by atoms with Gasteiger partial charge < -0.3 is 10.6 Å². The number of hydrogen-bond acceptors (Lipinski definition) is 6. The summed E-state index contributed by atoms with van der Waals surface area (Å²) in [5, 5.41) is 16.2. The molecule has 0 saturated carbocycles. The van der Waals surface area contributed by atoms with E-state index in [1.807, 2.05) is 32.0 Å². The predicted molar refractivity (Wildman–Crippen MR) is 114 cm³/mol. The molecule has 0 aliphatic carbocycles. The summed E-state index contributed by atoms with van der Waals surface area (Å²) in [5.41, 5.74) is 3.50. The van der Waals surface area contributed by atoms with Crippen molar-refractivity contribution in [3.8, 4) is 0 Å². The number of amides is 2. The normalized spacial score (nSPS) is 17.3. The minimum Gasteiger partial charge on any atom is -0.320 e. The molecule has 0 radical (unpaired) electrons. The van der Waals surface area contributed by atoms with Crippen molar-refractivity contribution in [1.82, 2.24) is 5.32 Å². The number of hydrogen-bond donors (Lipinski definition) is 2. The van der Waals surface area contributed by atoms with Crippen LogP contribution in [0.2, 0.25) is 0 Å². The lowest BCUT2D eigenvalue weighted by molar-refractivity contribution is -0.384. The van der Waals surface area contributed by atoms with Crippen molar-refractivity contribution < 1.29 is 14.5 Å². The summed E-state index contributed by atoms with van der Waals surface area (Å²) in [7, 11) is 0. The average Bonchev–Trinajstić information content (AvgIpc) is 2.94. The lowest BCUT2D eigenvalue weighted by Gasteiger charge is -2.08. The number of carbonyl (C=O) groups is 2. The maximum Gasteiger partial charge on any atom is 0.293 e. The van der Waals surface area contributed by atoms with E-state index in [0.29, 0.717) is 10.7 Å². The fraction of sp³-hybridized carbons (Fsp3) is 0.250. The Kier molecular flexibility index (Phi) is 5.97. The molecule has 1 atom stereocenters. The standard InChI is InChI=1S/C20H20N4O4S/c1-11-4-5-15(16(9-11)24(27)28)22-18(25)10-17-19(26)23-20(29-17)21-14-7-12(2)6-13(3)8-14/h4-9,17H,10H2,1-3H3,(H,22,25)(H,21,23,26)/t17-/m1/s1. The third-order valence-corrected chi connectivity index (χ3v) is 5.29. The van der Waals surface area contributed by atoms with Gasteiger partial charge in [0.15, 0.2) is 5.17 Å². The van der Waals surface area contributed by atoms with Crippen LogP contribution < -0.4 is 10.6 Å². The number of rotatable bonds is 5. The quantitative estimate of drug-likeness (QED) is 0.573. The maximum absolute atomic E-state index is 12.4. The summed E-state index contributed by atoms with van der Waals surface area (Å²) < 4.78 is 0. The highest BCUT2D eigenvalue weighted by Gasteiger charge is 2.32. The summed E-state index contributed by atoms with van der Waals surface area (Å²) >= 11 is 1.17. The first-order valence-electron chi connectivity index (χ1n) is 8.90. The monoisotopic (exact) mass is 412 g/mol. The fourth-order valence-corrected chi connectivity index (χ4v) is 3.98. The Labute approximate surface area is 171 Å². The molecule has 0 unspecified atom stereocenters. The first-order valence-corrected chi connectivity index (χ1v) is 9.78. The molecular formula is C20H20N4O4S. The zero-order valence-electron chi connectivity index (χ0n) is 16.2. The fourth-order valence-electron chi connectivity index (χ4n) is 2.99. The highest BCUT2D eigenvalue weighted by atomic mass is 32.2. The van der Waals surface area contributed by atoms with E-state index in [0.717, 1.165) is 16.8 Å². The van der Waals surface area contributed by atoms with E-state index in [4.69, 9.17) is 0 Å². The third-order valence-electron chi connectivity index (χ3n) is 4.21. The summed E-state index contributed by atoms with van der Waals surface area (Å²) in [5.74, 6) is -0.788. The van der Waals surface area contributed by atoms with Gasteiger partial charge in [-0.25, -0.2) is 4.99 Å². The lowest BCUT2D eigenvalue weighted by atomic mass is 10.1. The van der Waals surface area contributed by atoms with Crippen LogP contribution in [0.1, 0.15) is 23.1 Å². The van der Waals surface area contributed by atoms with Crippen LogP contribution in [0.4, 0.5) is 17.1 Å². The second kappa shape index (κ2) is 8.44. The maximum atomic E-state index is 12.4. The van der Waals surface area contributed by atoms with Crippen LogP contribution in [0.3, 0.4) is 0 Å². The summed E-state index contributed by atoms with van der Waals surface area (Å²) in [6.07, 6.45) is -0.118. The number of aliphatic imine (C=N–C) groups is 1. The zero-order chi connectivity index (χ0) is 21.1. The van der Waals surface area contributed by atoms with Crippen LogP contribution >= 0.6 is 11.8 Å². The number of nitro benzene ring substituents is 1. The zero-order valence-corrected chi connectivity index (χ0v) is 17.0. The Morgan fingerprint density at radius 3 is 2.52 bits per heavy atom. The van der Waals surface area contributed by atoms with Crippen LogP contribution in [-0.4, -0.2) is 27.2 Å². The molecule has 2 amide bonds. The predicted octanol–water partition coefficient (Wildman–Crippen LogP) is 3.77. The van der Waals surface area contributed by atoms with Crippen molar-refractivity contribution in [3.05, 3.63) is 63.2 Å². The summed E-state index contributed by atoms with van der Waals surface area (Å²) in [4.78, 5) is 39.7. The number of anilines is 1. The summed E-state index contributed by atoms with van der Waals surface area (Å²) in [6, 6.07) is 10.4. The minimum atomic E-state index is -0.649. The Hall–Kier alpha value is -3.20. The largest absolute Gasteiger partial charge is 0.320 e. The molecule has 1 aliphatic heterocycles. The van der Waals surface area contributed by atoms with Gasteiger partial charge in [0.05, 0.1) is 10.6 Å². The van der Waals surface area contributed by atoms with E-state index >= 15 is 0 Å². The average molecular weight is 412 g/mol. The van der Waals surface area contributed by atoms with Crippen molar-refractivity contribution >= 4 is 45.8 Å². The Morgan fingerprint density at radius 1 is 1.17 bits per heavy atom. The molecular weight excluding hydrogens is 392 g/mol. The van der Waals surface area contributed by atoms with Gasteiger partial charge in [0, 0.05) is 12.5 Å². The molecule has 0 spiro atoms. The van der Waals surface area contributed by atoms with E-state index in [2.05, 4.69) is 15.6 Å². The second-order valence-electron chi connectivity index (χ2n) is 6.89. The van der Waals surface area contributed by atoms with Crippen molar-refractivity contribution in [2.45, 2.75) is 32.4 Å². The Morgan fingerprint density at radius 2 is 1.86 bits per heavy atom. The number of aryl methyl sites for hydroxylation is 3. The number of nitrogens with one attached hydrogen (secondary N) is 2. The Bertz CT molecular complexity index is 1010. The molecule has 9 heteroatoms. The van der Waals surface area contributed by atoms with Gasteiger partial charge in [0.2, 0.25) is 11.8 Å². The van der Waals surface area contributed by atoms with E-state index in [-0.39, 0.29) is 23.7 Å². The molecule has 0 bridgehead atoms. The first-order chi connectivity index (χ1) is 13.7. The number of thioether (sulfide) groups is 1. The highest BCUT2D eigenvalue weighted by molar-refractivity contribution is 8.15. The number of amidine groups is 1. The molecule has 0 aromatic heterocycles. The van der Waals surface area contributed by atoms with E-state index < -0.39 is 16.1 Å². The first kappa shape index (κ1) is 20.5. The van der Waals surface area contributed by atoms with E-state index in [1.165, 1.54) is 23.9 Å². The molecule has 1 aliphatic rings. The van der Waals surface area contributed by atoms with Crippen LogP contribution in [0.25, 0.3) is 0 Å². The van der Waals surface area contributed by atoms with Gasteiger partial charge in [0.25, 0.3) is 5.69 Å². The number of nitro groups is 1. The van der Waals surface area contributed by atoms with Crippen LogP contribution in [0, 0.1) is 30.9 Å². The molecule has 2 aromatic carbocycles. The second-order valence-corrected chi connectivity index (χ2v) is 8.08. The van der Waals surface area contributed by atoms with Gasteiger partial charge in [-0.3, -0.25) is 19.7 Å². The molecule has 8 nitrogen and oxygen atoms in total. The van der Waals surface area contributed by atoms with Gasteiger partial charge in [-0.15, -0.1) is 0 Å². The van der Waals surface area contributed by atoms with E-state index in [1.54, 1.807) is 13.0 Å². The van der Waals surface area contributed by atoms with Crippen LogP contribution in [0.5, 0.6) is 0 Å². The minimum absolute atomic E-state index is 0.109. The number of carbonyl (C=O) groups excluding carboxylic acids is 2. The topological polar surface area (TPSA) is 114 Å². The smallest absolute Gasteiger partial charge is 0.293 e. The van der Waals surface area contributed by atoms with Crippen molar-refractivity contribution in [2.24, 2.45) is 4.99 Å². The third kappa shape index (κ3) is 5.20. The number of nitrogens with zero attached hydrogens (tertiary/aromatic N) is 2. The van der Waals surface area contributed by atoms with Gasteiger partial charge >= 0.3 is 0 Å². The highest BCUT2D eigenvalue weighted by Crippen LogP contribution is 2.28. The summed E-state index contributed by atoms with van der Waals surface area (Å²) in [6.45, 7) is 5.66. The van der Waals surface area contributed by atoms with Gasteiger partial charge in [-0.2, -0.15) is 0 Å². The number of benzene rings is 2. The molecule has 1 fully saturated rings. The van der Waals surface area contributed by atoms with Crippen molar-refractivity contribution in [2.75, 3.05) is 5.32 Å². The van der Waals surface area contributed by atoms with Crippen molar-refractivity contribution in [3.63, 3.8) is 0 Å². The molecule has 3 rings (SSSR count). The van der Waals surface area contributed by atoms with Gasteiger partial charge in [0.1, 0.15) is 10.9 Å². The lowest BCUT2D eigenvalue weighted by Crippen LogP contribution is -2.28. The molecule has 2 N–H and O–H groups in total. The van der Waals surface area contributed by atoms with Gasteiger partial charge in [-0.1, -0.05) is 23.9 Å². The molecule has 2 aromatic rings. The molecule has 1 saturated heterocycles. The van der Waals surface area contributed by atoms with E-state index in [9.17, 15) is 19.7 Å². The van der Waals surface area contributed by atoms with Crippen LogP contribution in [-0.2, 0) is 9.59 Å². The Balaban J connectivity index is 1.68. The molecule has 29 heavy (non-hydrogen) atoms. The molecule has 1 heterocycles.